The van der Waals surface area contributed by atoms with E-state index in [4.69, 9.17) is 11.6 Å². The normalized spacial score (nSPS) is 8.12. The van der Waals surface area contributed by atoms with Gasteiger partial charge in [-0.25, -0.2) is 0 Å². The van der Waals surface area contributed by atoms with Crippen LogP contribution in [0.1, 0.15) is 13.3 Å². The van der Waals surface area contributed by atoms with Crippen molar-refractivity contribution < 1.29 is 18.0 Å². The number of amides is 2. The van der Waals surface area contributed by atoms with Crippen LogP contribution in [-0.2, 0) is 19.9 Å². The third-order valence-electron chi connectivity index (χ3n) is 1.14. The summed E-state index contributed by atoms with van der Waals surface area (Å²) in [6.07, 6.45) is 0.824. The summed E-state index contributed by atoms with van der Waals surface area (Å²) in [4.78, 5) is 21.4. The minimum atomic E-state index is -2.34. The zero-order chi connectivity index (χ0) is 13.7. The summed E-state index contributed by atoms with van der Waals surface area (Å²) < 4.78 is 20.0. The summed E-state index contributed by atoms with van der Waals surface area (Å²) in [6.45, 7) is 5.04. The molecule has 0 aliphatic heterocycles. The van der Waals surface area contributed by atoms with Gasteiger partial charge in [0, 0.05) is 11.2 Å². The Hall–Kier alpha value is -1.34. The molecule has 0 aliphatic carbocycles. The fraction of sp³-hybridized carbons (Fsp3) is 0.444. The van der Waals surface area contributed by atoms with Gasteiger partial charge in [-0.2, -0.15) is 8.42 Å². The molecule has 0 bridgehead atoms. The van der Waals surface area contributed by atoms with Gasteiger partial charge in [0.05, 0.1) is 13.1 Å². The molecule has 0 aliphatic rings. The molecule has 6 nitrogen and oxygen atoms in total. The van der Waals surface area contributed by atoms with Gasteiger partial charge in [0.25, 0.3) is 0 Å². The van der Waals surface area contributed by atoms with Crippen LogP contribution in [0.15, 0.2) is 12.7 Å². The fourth-order valence-electron chi connectivity index (χ4n) is 0.518. The van der Waals surface area contributed by atoms with Crippen LogP contribution in [0, 0.1) is 0 Å². The summed E-state index contributed by atoms with van der Waals surface area (Å²) in [5.41, 5.74) is 0. The van der Waals surface area contributed by atoms with Crippen molar-refractivity contribution in [3.8, 4) is 0 Å². The smallest absolute Gasteiger partial charge is 0.244 e. The van der Waals surface area contributed by atoms with Crippen molar-refractivity contribution in [2.24, 2.45) is 0 Å². The Kier molecular flexibility index (Phi) is 13.5. The van der Waals surface area contributed by atoms with Crippen LogP contribution in [-0.4, -0.2) is 38.1 Å². The van der Waals surface area contributed by atoms with E-state index < -0.39 is 22.1 Å². The molecule has 0 heterocycles. The Morgan fingerprint density at radius 1 is 1.35 bits per heavy atom. The molecule has 2 N–H and O–H groups in total. The maximum Gasteiger partial charge on any atom is 0.244 e. The average Bonchev–Trinajstić information content (AvgIpc) is 2.27. The fourth-order valence-corrected chi connectivity index (χ4v) is 0.805. The van der Waals surface area contributed by atoms with Gasteiger partial charge in [-0.05, 0) is 6.08 Å². The predicted molar refractivity (Wildman–Crippen MR) is 67.3 cm³/mol. The number of rotatable bonds is 5. The second-order valence-electron chi connectivity index (χ2n) is 2.42. The number of carbonyl (C=O) groups excluding carboxylic acids is 2. The highest BCUT2D eigenvalue weighted by Gasteiger charge is 1.98. The number of alkyl halides is 1. The van der Waals surface area contributed by atoms with Gasteiger partial charge in [0.1, 0.15) is 0 Å². The van der Waals surface area contributed by atoms with Crippen molar-refractivity contribution in [1.29, 1.82) is 0 Å². The van der Waals surface area contributed by atoms with Crippen molar-refractivity contribution in [2.45, 2.75) is 13.3 Å². The molecule has 8 heteroatoms. The highest BCUT2D eigenvalue weighted by Crippen LogP contribution is 1.72. The number of halogens is 1. The van der Waals surface area contributed by atoms with Crippen LogP contribution in [0.25, 0.3) is 0 Å². The molecular formula is C9H15ClN2O4S. The Balaban J connectivity index is 0. The van der Waals surface area contributed by atoms with Crippen molar-refractivity contribution >= 4 is 39.1 Å². The van der Waals surface area contributed by atoms with Crippen molar-refractivity contribution in [1.82, 2.24) is 10.6 Å². The van der Waals surface area contributed by atoms with E-state index in [-0.39, 0.29) is 13.1 Å². The Bertz CT molecular complexity index is 370. The predicted octanol–water partition coefficient (Wildman–Crippen LogP) is -0.321. The van der Waals surface area contributed by atoms with Crippen LogP contribution in [0.2, 0.25) is 0 Å². The highest BCUT2D eigenvalue weighted by atomic mass is 35.5. The molecule has 0 rings (SSSR count). The molecule has 0 spiro atoms. The average molecular weight is 283 g/mol. The zero-order valence-corrected chi connectivity index (χ0v) is 11.0. The first-order valence-electron chi connectivity index (χ1n) is 4.62. The zero-order valence-electron chi connectivity index (χ0n) is 9.40. The third kappa shape index (κ3) is 17.3. The van der Waals surface area contributed by atoms with Gasteiger partial charge in [0.15, 0.2) is 0 Å². The highest BCUT2D eigenvalue weighted by molar-refractivity contribution is 7.71. The standard InChI is InChI=1S/C7H10N2O4S.C2H5Cl/c1-2-6(10)8-5-9-7(11)3-4-14(12)13;1-2-3/h2,4H,1,3,5H2,(H,8,10)(H,9,11);2H2,1H3. The molecule has 0 aromatic carbocycles. The van der Waals surface area contributed by atoms with Crippen LogP contribution in [0.3, 0.4) is 0 Å². The van der Waals surface area contributed by atoms with E-state index in [9.17, 15) is 18.0 Å². The van der Waals surface area contributed by atoms with E-state index in [1.165, 1.54) is 0 Å². The summed E-state index contributed by atoms with van der Waals surface area (Å²) in [5, 5.41) is 5.40. The molecule has 2 amide bonds. The maximum absolute atomic E-state index is 10.8. The monoisotopic (exact) mass is 282 g/mol. The SMILES string of the molecule is C=CC(=O)NCNC(=O)CC=S(=O)=O.CCCl. The molecule has 0 saturated heterocycles. The molecule has 0 saturated carbocycles. The first-order valence-corrected chi connectivity index (χ1v) is 6.29. The van der Waals surface area contributed by atoms with Gasteiger partial charge < -0.3 is 10.6 Å². The minimum Gasteiger partial charge on any atom is -0.338 e. The molecule has 0 radical (unpaired) electrons. The summed E-state index contributed by atoms with van der Waals surface area (Å²) in [7, 11) is -2.34. The number of carbonyl (C=O) groups is 2. The van der Waals surface area contributed by atoms with Crippen molar-refractivity contribution in [2.75, 3.05) is 12.5 Å². The van der Waals surface area contributed by atoms with Crippen LogP contribution in [0.4, 0.5) is 0 Å². The lowest BCUT2D eigenvalue weighted by atomic mass is 10.4. The molecule has 17 heavy (non-hydrogen) atoms. The van der Waals surface area contributed by atoms with E-state index in [2.05, 4.69) is 17.2 Å². The van der Waals surface area contributed by atoms with Crippen molar-refractivity contribution in [3.05, 3.63) is 12.7 Å². The van der Waals surface area contributed by atoms with E-state index in [1.54, 1.807) is 0 Å². The van der Waals surface area contributed by atoms with E-state index in [1.807, 2.05) is 6.92 Å². The summed E-state index contributed by atoms with van der Waals surface area (Å²) >= 11 is 5.00. The quantitative estimate of drug-likeness (QED) is 0.313. The molecule has 98 valence electrons. The lowest BCUT2D eigenvalue weighted by Gasteiger charge is -2.02. The Morgan fingerprint density at radius 3 is 2.29 bits per heavy atom. The van der Waals surface area contributed by atoms with E-state index >= 15 is 0 Å². The number of hydrogen-bond acceptors (Lipinski definition) is 4. The summed E-state index contributed by atoms with van der Waals surface area (Å²) in [5.74, 6) is -0.180. The maximum atomic E-state index is 10.8. The minimum absolute atomic E-state index is 0.0526. The second-order valence-corrected chi connectivity index (χ2v) is 3.81. The van der Waals surface area contributed by atoms with Crippen LogP contribution in [0.5, 0.6) is 0 Å². The first-order chi connectivity index (χ1) is 7.97. The van der Waals surface area contributed by atoms with Gasteiger partial charge in [-0.3, -0.25) is 9.59 Å². The third-order valence-corrected chi connectivity index (χ3v) is 1.58. The van der Waals surface area contributed by atoms with E-state index in [0.29, 0.717) is 0 Å². The van der Waals surface area contributed by atoms with Gasteiger partial charge in [-0.1, -0.05) is 13.5 Å². The number of nitrogens with one attached hydrogen (secondary N) is 2. The van der Waals surface area contributed by atoms with Crippen LogP contribution >= 0.6 is 11.6 Å². The molecule has 0 fully saturated rings. The van der Waals surface area contributed by atoms with Crippen LogP contribution < -0.4 is 10.6 Å². The van der Waals surface area contributed by atoms with E-state index in [0.717, 1.165) is 17.3 Å². The van der Waals surface area contributed by atoms with Gasteiger partial charge in [0.2, 0.25) is 22.1 Å². The lowest BCUT2D eigenvalue weighted by molar-refractivity contribution is -0.120. The topological polar surface area (TPSA) is 92.3 Å². The Labute approximate surface area is 107 Å². The van der Waals surface area contributed by atoms with Crippen molar-refractivity contribution in [3.63, 3.8) is 0 Å². The first kappa shape index (κ1) is 18.0. The second kappa shape index (κ2) is 12.7. The molecule has 0 atom stereocenters. The van der Waals surface area contributed by atoms with Gasteiger partial charge >= 0.3 is 0 Å². The van der Waals surface area contributed by atoms with Gasteiger partial charge in [-0.15, -0.1) is 11.6 Å². The molecule has 0 aromatic heterocycles. The largest absolute Gasteiger partial charge is 0.338 e. The lowest BCUT2D eigenvalue weighted by Crippen LogP contribution is -2.36. The molecule has 0 unspecified atom stereocenters. The number of hydrogen-bond donors (Lipinski definition) is 2. The Morgan fingerprint density at radius 2 is 1.88 bits per heavy atom. The summed E-state index contributed by atoms with van der Waals surface area (Å²) in [6, 6.07) is 0. The molecule has 0 aromatic rings. The molecular weight excluding hydrogens is 268 g/mol.